The van der Waals surface area contributed by atoms with Gasteiger partial charge in [0.15, 0.2) is 0 Å². The highest BCUT2D eigenvalue weighted by Gasteiger charge is 2.31. The highest BCUT2D eigenvalue weighted by Crippen LogP contribution is 2.23. The third-order valence-electron chi connectivity index (χ3n) is 5.61. The van der Waals surface area contributed by atoms with Crippen LogP contribution in [-0.2, 0) is 29.6 Å². The third-order valence-corrected chi connectivity index (χ3v) is 9.50. The molecule has 11 heteroatoms. The van der Waals surface area contributed by atoms with Crippen molar-refractivity contribution in [1.29, 1.82) is 0 Å². The molecule has 34 heavy (non-hydrogen) atoms. The van der Waals surface area contributed by atoms with Crippen molar-refractivity contribution in [3.8, 4) is 0 Å². The van der Waals surface area contributed by atoms with Crippen molar-refractivity contribution in [3.05, 3.63) is 54.6 Å². The van der Waals surface area contributed by atoms with Crippen LogP contribution in [0.15, 0.2) is 64.4 Å². The molecule has 0 unspecified atom stereocenters. The van der Waals surface area contributed by atoms with Gasteiger partial charge in [-0.25, -0.2) is 16.8 Å². The largest absolute Gasteiger partial charge is 0.377 e. The number of nitrogens with zero attached hydrogens (tertiary/aromatic N) is 2. The number of sulfonamides is 2. The summed E-state index contributed by atoms with van der Waals surface area (Å²) < 4.78 is 60.4. The van der Waals surface area contributed by atoms with Crippen molar-refractivity contribution in [2.75, 3.05) is 38.1 Å². The van der Waals surface area contributed by atoms with Gasteiger partial charge in [0.25, 0.3) is 0 Å². The zero-order chi connectivity index (χ0) is 24.8. The van der Waals surface area contributed by atoms with Crippen molar-refractivity contribution in [1.82, 2.24) is 8.61 Å². The first-order chi connectivity index (χ1) is 16.2. The van der Waals surface area contributed by atoms with Crippen LogP contribution in [0.3, 0.4) is 0 Å². The lowest BCUT2D eigenvalue weighted by Gasteiger charge is -2.24. The van der Waals surface area contributed by atoms with Gasteiger partial charge in [-0.1, -0.05) is 32.0 Å². The van der Waals surface area contributed by atoms with Crippen LogP contribution in [0.4, 0.5) is 5.69 Å². The molecule has 186 valence electrons. The smallest absolute Gasteiger partial charge is 0.243 e. The van der Waals surface area contributed by atoms with Gasteiger partial charge in [-0.3, -0.25) is 4.79 Å². The Morgan fingerprint density at radius 2 is 1.47 bits per heavy atom. The summed E-state index contributed by atoms with van der Waals surface area (Å²) in [5, 5.41) is 2.70. The molecule has 1 N–H and O–H groups in total. The van der Waals surface area contributed by atoms with Crippen LogP contribution in [0.2, 0.25) is 0 Å². The topological polar surface area (TPSA) is 113 Å². The highest BCUT2D eigenvalue weighted by molar-refractivity contribution is 7.89. The number of para-hydroxylation sites is 1. The number of rotatable bonds is 11. The molecular formula is C23H31N3O6S2. The van der Waals surface area contributed by atoms with Crippen LogP contribution in [0, 0.1) is 0 Å². The fourth-order valence-corrected chi connectivity index (χ4v) is 6.68. The number of hydrogen-bond donors (Lipinski definition) is 1. The van der Waals surface area contributed by atoms with Crippen LogP contribution >= 0.6 is 0 Å². The number of hydrogen-bond acceptors (Lipinski definition) is 6. The molecule has 1 aliphatic heterocycles. The van der Waals surface area contributed by atoms with E-state index >= 15 is 0 Å². The minimum Gasteiger partial charge on any atom is -0.377 e. The number of anilines is 1. The van der Waals surface area contributed by atoms with E-state index in [0.717, 1.165) is 10.7 Å². The van der Waals surface area contributed by atoms with Crippen molar-refractivity contribution in [3.63, 3.8) is 0 Å². The summed E-state index contributed by atoms with van der Waals surface area (Å²) >= 11 is 0. The number of amides is 1. The van der Waals surface area contributed by atoms with Crippen molar-refractivity contribution in [2.45, 2.75) is 42.6 Å². The van der Waals surface area contributed by atoms with Gasteiger partial charge in [-0.05, 0) is 49.2 Å². The van der Waals surface area contributed by atoms with Crippen LogP contribution in [0.1, 0.15) is 26.7 Å². The maximum Gasteiger partial charge on any atom is 0.243 e. The summed E-state index contributed by atoms with van der Waals surface area (Å²) in [5.41, 5.74) is 0.563. The van der Waals surface area contributed by atoms with Crippen LogP contribution in [-0.4, -0.2) is 70.2 Å². The number of carbonyl (C=O) groups is 1. The predicted molar refractivity (Wildman–Crippen MR) is 129 cm³/mol. The molecule has 1 atom stereocenters. The molecule has 0 spiro atoms. The van der Waals surface area contributed by atoms with Gasteiger partial charge in [0, 0.05) is 31.9 Å². The Hall–Kier alpha value is -2.31. The first kappa shape index (κ1) is 26.3. The van der Waals surface area contributed by atoms with E-state index in [9.17, 15) is 21.6 Å². The maximum absolute atomic E-state index is 13.4. The quantitative estimate of drug-likeness (QED) is 0.498. The van der Waals surface area contributed by atoms with Gasteiger partial charge >= 0.3 is 0 Å². The Bertz CT molecular complexity index is 1160. The average molecular weight is 510 g/mol. The molecule has 1 amide bonds. The Morgan fingerprint density at radius 3 is 1.97 bits per heavy atom. The molecule has 1 heterocycles. The average Bonchev–Trinajstić information content (AvgIpc) is 3.33. The van der Waals surface area contributed by atoms with Crippen LogP contribution < -0.4 is 5.32 Å². The molecule has 2 aromatic carbocycles. The molecule has 1 fully saturated rings. The van der Waals surface area contributed by atoms with E-state index in [0.29, 0.717) is 31.8 Å². The molecule has 3 rings (SSSR count). The molecule has 0 aliphatic carbocycles. The Kier molecular flexibility index (Phi) is 8.83. The second-order valence-corrected chi connectivity index (χ2v) is 11.8. The highest BCUT2D eigenvalue weighted by atomic mass is 32.2. The lowest BCUT2D eigenvalue weighted by atomic mass is 10.2. The van der Waals surface area contributed by atoms with E-state index in [4.69, 9.17) is 4.74 Å². The Morgan fingerprint density at radius 1 is 0.912 bits per heavy atom. The van der Waals surface area contributed by atoms with Gasteiger partial charge in [0.2, 0.25) is 26.0 Å². The van der Waals surface area contributed by atoms with E-state index < -0.39 is 32.5 Å². The second-order valence-electron chi connectivity index (χ2n) is 7.91. The molecule has 1 saturated heterocycles. The van der Waals surface area contributed by atoms with Gasteiger partial charge in [-0.15, -0.1) is 0 Å². The fraction of sp³-hybridized carbons (Fsp3) is 0.435. The Balaban J connectivity index is 1.84. The third kappa shape index (κ3) is 6.22. The van der Waals surface area contributed by atoms with Crippen molar-refractivity contribution >= 4 is 31.6 Å². The summed E-state index contributed by atoms with van der Waals surface area (Å²) in [6.07, 6.45) is 1.22. The Labute approximate surface area is 201 Å². The molecular weight excluding hydrogens is 478 g/mol. The SMILES string of the molecule is CCN(CC)S(=O)(=O)c1ccc(S(=O)(=O)N(CC(=O)Nc2ccccc2)C[C@@H]2CCCO2)cc1. The van der Waals surface area contributed by atoms with Gasteiger partial charge in [0.05, 0.1) is 22.4 Å². The molecule has 2 aromatic rings. The predicted octanol–water partition coefficient (Wildman–Crippen LogP) is 2.53. The van der Waals surface area contributed by atoms with Gasteiger partial charge in [-0.2, -0.15) is 8.61 Å². The first-order valence-electron chi connectivity index (χ1n) is 11.2. The monoisotopic (exact) mass is 509 g/mol. The summed E-state index contributed by atoms with van der Waals surface area (Å²) in [6, 6.07) is 13.9. The summed E-state index contributed by atoms with van der Waals surface area (Å²) in [5.74, 6) is -0.478. The van der Waals surface area contributed by atoms with Gasteiger partial charge < -0.3 is 10.1 Å². The van der Waals surface area contributed by atoms with Crippen LogP contribution in [0.5, 0.6) is 0 Å². The summed E-state index contributed by atoms with van der Waals surface area (Å²) in [6.45, 7) is 4.29. The zero-order valence-corrected chi connectivity index (χ0v) is 21.0. The molecule has 0 bridgehead atoms. The standard InChI is InChI=1S/C23H31N3O6S2/c1-3-25(4-2)33(28,29)21-12-14-22(15-13-21)34(30,31)26(17-20-11-8-16-32-20)18-23(27)24-19-9-6-5-7-10-19/h5-7,9-10,12-15,20H,3-4,8,11,16-18H2,1-2H3,(H,24,27)/t20-/m0/s1. The molecule has 0 aromatic heterocycles. The first-order valence-corrected chi connectivity index (χ1v) is 14.1. The van der Waals surface area contributed by atoms with Crippen LogP contribution in [0.25, 0.3) is 0 Å². The van der Waals surface area contributed by atoms with Gasteiger partial charge in [0.1, 0.15) is 0 Å². The summed E-state index contributed by atoms with van der Waals surface area (Å²) in [4.78, 5) is 12.6. The number of carbonyl (C=O) groups excluding carboxylic acids is 1. The van der Waals surface area contributed by atoms with E-state index in [1.807, 2.05) is 6.07 Å². The molecule has 1 aliphatic rings. The zero-order valence-electron chi connectivity index (χ0n) is 19.4. The lowest BCUT2D eigenvalue weighted by molar-refractivity contribution is -0.116. The van der Waals surface area contributed by atoms with E-state index in [1.54, 1.807) is 38.1 Å². The normalized spacial score (nSPS) is 16.8. The maximum atomic E-state index is 13.4. The molecule has 9 nitrogen and oxygen atoms in total. The van der Waals surface area contributed by atoms with E-state index in [-0.39, 0.29) is 22.4 Å². The number of ether oxygens (including phenoxy) is 1. The fourth-order valence-electron chi connectivity index (χ4n) is 3.79. The minimum absolute atomic E-state index is 0.0163. The number of nitrogens with one attached hydrogen (secondary N) is 1. The number of benzene rings is 2. The second kappa shape index (κ2) is 11.4. The van der Waals surface area contributed by atoms with E-state index in [2.05, 4.69) is 5.32 Å². The minimum atomic E-state index is -4.09. The van der Waals surface area contributed by atoms with E-state index in [1.165, 1.54) is 28.6 Å². The molecule has 0 saturated carbocycles. The molecule has 0 radical (unpaired) electrons. The summed E-state index contributed by atoms with van der Waals surface area (Å²) in [7, 11) is -7.80. The lowest BCUT2D eigenvalue weighted by Crippen LogP contribution is -2.42. The van der Waals surface area contributed by atoms with Crippen molar-refractivity contribution in [2.24, 2.45) is 0 Å². The van der Waals surface area contributed by atoms with Crippen molar-refractivity contribution < 1.29 is 26.4 Å².